The highest BCUT2D eigenvalue weighted by molar-refractivity contribution is 6.20. The molecule has 0 spiro atoms. The second-order valence-corrected chi connectivity index (χ2v) is 9.52. The summed E-state index contributed by atoms with van der Waals surface area (Å²) in [6, 6.07) is 0.267. The van der Waals surface area contributed by atoms with Crippen LogP contribution in [-0.4, -0.2) is 36.7 Å². The number of nitrogens with one attached hydrogen (secondary N) is 1. The van der Waals surface area contributed by atoms with Gasteiger partial charge in [0.2, 0.25) is 0 Å². The predicted molar refractivity (Wildman–Crippen MR) is 95.2 cm³/mol. The van der Waals surface area contributed by atoms with Crippen molar-refractivity contribution >= 4 is 11.7 Å². The quantitative estimate of drug-likeness (QED) is 0.489. The van der Waals surface area contributed by atoms with Crippen molar-refractivity contribution in [1.29, 1.82) is 0 Å². The fourth-order valence-corrected chi connectivity index (χ4v) is 5.27. The summed E-state index contributed by atoms with van der Waals surface area (Å²) in [5, 5.41) is 3.27. The number of ketones is 1. The molecule has 0 aromatic carbocycles. The number of nitrogens with zero attached hydrogens (tertiary/aromatic N) is 1. The van der Waals surface area contributed by atoms with Gasteiger partial charge < -0.3 is 10.2 Å². The minimum atomic E-state index is -0.552. The molecule has 0 atom stereocenters. The van der Waals surface area contributed by atoms with Crippen molar-refractivity contribution in [2.45, 2.75) is 58.9 Å². The molecular weight excluding hydrogens is 300 g/mol. The molecule has 134 valence electrons. The molecule has 4 saturated carbocycles. The molecule has 0 radical (unpaired) electrons. The third-order valence-electron chi connectivity index (χ3n) is 6.08. The van der Waals surface area contributed by atoms with E-state index in [0.29, 0.717) is 17.4 Å². The van der Waals surface area contributed by atoms with Gasteiger partial charge in [0.05, 0.1) is 5.57 Å². The normalized spacial score (nSPS) is 35.0. The van der Waals surface area contributed by atoms with E-state index in [4.69, 9.17) is 0 Å². The predicted octanol–water partition coefficient (Wildman–Crippen LogP) is 2.99. The van der Waals surface area contributed by atoms with E-state index in [1.54, 1.807) is 11.1 Å². The zero-order valence-corrected chi connectivity index (χ0v) is 15.8. The zero-order valence-electron chi connectivity index (χ0n) is 15.8. The number of rotatable bonds is 4. The summed E-state index contributed by atoms with van der Waals surface area (Å²) in [7, 11) is 3.71. The SMILES string of the molecule is CN(C)/C=C(/C(=O)NC1C2CC3CC(C2)CC1C3)C(=O)C(C)(C)C. The molecule has 4 fully saturated rings. The van der Waals surface area contributed by atoms with Crippen LogP contribution in [0.25, 0.3) is 0 Å². The van der Waals surface area contributed by atoms with E-state index in [2.05, 4.69) is 5.32 Å². The van der Waals surface area contributed by atoms with E-state index in [1.165, 1.54) is 32.1 Å². The van der Waals surface area contributed by atoms with Crippen LogP contribution in [0, 0.1) is 29.1 Å². The van der Waals surface area contributed by atoms with Gasteiger partial charge >= 0.3 is 0 Å². The number of hydrogen-bond donors (Lipinski definition) is 1. The van der Waals surface area contributed by atoms with E-state index < -0.39 is 5.41 Å². The van der Waals surface area contributed by atoms with Crippen LogP contribution in [0.15, 0.2) is 11.8 Å². The first kappa shape index (κ1) is 17.5. The first-order valence-corrected chi connectivity index (χ1v) is 9.39. The van der Waals surface area contributed by atoms with Gasteiger partial charge in [-0.05, 0) is 55.8 Å². The largest absolute Gasteiger partial charge is 0.383 e. The fourth-order valence-electron chi connectivity index (χ4n) is 5.27. The van der Waals surface area contributed by atoms with E-state index in [0.717, 1.165) is 11.8 Å². The van der Waals surface area contributed by atoms with Crippen molar-refractivity contribution in [2.24, 2.45) is 29.1 Å². The molecule has 0 aliphatic heterocycles. The minimum absolute atomic E-state index is 0.0856. The number of Topliss-reactive ketones (excluding diaryl/α,β-unsaturated/α-hetero) is 1. The Hall–Kier alpha value is -1.32. The van der Waals surface area contributed by atoms with Gasteiger partial charge in [-0.2, -0.15) is 0 Å². The van der Waals surface area contributed by atoms with Crippen LogP contribution >= 0.6 is 0 Å². The lowest BCUT2D eigenvalue weighted by Crippen LogP contribution is -2.56. The maximum absolute atomic E-state index is 12.9. The smallest absolute Gasteiger partial charge is 0.256 e. The standard InChI is InChI=1S/C20H32N2O2/c1-20(2,3)18(23)16(11-22(4)5)19(24)21-17-14-7-12-6-13(9-14)10-15(17)8-12/h11-15,17H,6-10H2,1-5H3,(H,21,24)/b16-11+. The van der Waals surface area contributed by atoms with Gasteiger partial charge in [0.1, 0.15) is 0 Å². The molecule has 1 N–H and O–H groups in total. The van der Waals surface area contributed by atoms with Crippen LogP contribution in [0.5, 0.6) is 0 Å². The molecule has 4 nitrogen and oxygen atoms in total. The van der Waals surface area contributed by atoms with Crippen molar-refractivity contribution in [1.82, 2.24) is 10.2 Å². The summed E-state index contributed by atoms with van der Waals surface area (Å²) >= 11 is 0. The van der Waals surface area contributed by atoms with Crippen LogP contribution in [0.1, 0.15) is 52.9 Å². The molecule has 24 heavy (non-hydrogen) atoms. The molecule has 4 bridgehead atoms. The molecule has 1 amide bonds. The molecule has 0 aromatic rings. The van der Waals surface area contributed by atoms with E-state index in [-0.39, 0.29) is 17.7 Å². The first-order valence-electron chi connectivity index (χ1n) is 9.39. The second kappa shape index (κ2) is 6.20. The van der Waals surface area contributed by atoms with Crippen molar-refractivity contribution in [3.05, 3.63) is 11.8 Å². The number of carbonyl (C=O) groups is 2. The lowest BCUT2D eigenvalue weighted by molar-refractivity contribution is -0.128. The monoisotopic (exact) mass is 332 g/mol. The van der Waals surface area contributed by atoms with Gasteiger partial charge in [-0.15, -0.1) is 0 Å². The van der Waals surface area contributed by atoms with E-state index in [9.17, 15) is 9.59 Å². The lowest BCUT2D eigenvalue weighted by atomic mass is 9.54. The van der Waals surface area contributed by atoms with Crippen molar-refractivity contribution in [3.63, 3.8) is 0 Å². The summed E-state index contributed by atoms with van der Waals surface area (Å²) in [5.41, 5.74) is -0.259. The molecule has 4 aliphatic carbocycles. The third-order valence-corrected chi connectivity index (χ3v) is 6.08. The summed E-state index contributed by atoms with van der Waals surface area (Å²) in [5.74, 6) is 2.74. The van der Waals surface area contributed by atoms with Crippen LogP contribution in [0.4, 0.5) is 0 Å². The van der Waals surface area contributed by atoms with Crippen molar-refractivity contribution in [3.8, 4) is 0 Å². The van der Waals surface area contributed by atoms with Gasteiger partial charge in [-0.25, -0.2) is 0 Å². The van der Waals surface area contributed by atoms with Gasteiger partial charge in [0, 0.05) is 31.8 Å². The first-order chi connectivity index (χ1) is 11.1. The Balaban J connectivity index is 1.75. The molecule has 0 heterocycles. The highest BCUT2D eigenvalue weighted by atomic mass is 16.2. The lowest BCUT2D eigenvalue weighted by Gasteiger charge is -2.54. The molecular formula is C20H32N2O2. The van der Waals surface area contributed by atoms with Crippen molar-refractivity contribution < 1.29 is 9.59 Å². The van der Waals surface area contributed by atoms with Crippen molar-refractivity contribution in [2.75, 3.05) is 14.1 Å². The summed E-state index contributed by atoms with van der Waals surface area (Å²) in [6.45, 7) is 5.61. The number of amides is 1. The minimum Gasteiger partial charge on any atom is -0.383 e. The Labute approximate surface area is 146 Å². The molecule has 4 rings (SSSR count). The third kappa shape index (κ3) is 3.38. The summed E-state index contributed by atoms with van der Waals surface area (Å²) in [6.07, 6.45) is 8.13. The average Bonchev–Trinajstić information content (AvgIpc) is 2.45. The molecule has 0 saturated heterocycles. The Kier molecular flexibility index (Phi) is 4.52. The van der Waals surface area contributed by atoms with Crippen LogP contribution < -0.4 is 5.32 Å². The van der Waals surface area contributed by atoms with Gasteiger partial charge in [0.25, 0.3) is 5.91 Å². The maximum Gasteiger partial charge on any atom is 0.256 e. The van der Waals surface area contributed by atoms with E-state index in [1.807, 2.05) is 34.9 Å². The number of hydrogen-bond acceptors (Lipinski definition) is 3. The molecule has 4 aliphatic rings. The van der Waals surface area contributed by atoms with Crippen LogP contribution in [0.3, 0.4) is 0 Å². The highest BCUT2D eigenvalue weighted by Crippen LogP contribution is 2.53. The Bertz CT molecular complexity index is 528. The Morgan fingerprint density at radius 1 is 0.958 bits per heavy atom. The second-order valence-electron chi connectivity index (χ2n) is 9.52. The Morgan fingerprint density at radius 2 is 1.46 bits per heavy atom. The van der Waals surface area contributed by atoms with Crippen LogP contribution in [-0.2, 0) is 9.59 Å². The zero-order chi connectivity index (χ0) is 17.6. The average molecular weight is 332 g/mol. The summed E-state index contributed by atoms with van der Waals surface area (Å²) in [4.78, 5) is 27.5. The van der Waals surface area contributed by atoms with Gasteiger partial charge in [0.15, 0.2) is 5.78 Å². The van der Waals surface area contributed by atoms with E-state index >= 15 is 0 Å². The van der Waals surface area contributed by atoms with Gasteiger partial charge in [-0.3, -0.25) is 9.59 Å². The molecule has 4 heteroatoms. The Morgan fingerprint density at radius 3 is 1.88 bits per heavy atom. The van der Waals surface area contributed by atoms with Gasteiger partial charge in [-0.1, -0.05) is 20.8 Å². The molecule has 0 aromatic heterocycles. The maximum atomic E-state index is 12.9. The molecule has 0 unspecified atom stereocenters. The summed E-state index contributed by atoms with van der Waals surface area (Å²) < 4.78 is 0. The highest BCUT2D eigenvalue weighted by Gasteiger charge is 2.49. The fraction of sp³-hybridized carbons (Fsp3) is 0.800. The van der Waals surface area contributed by atoms with Crippen LogP contribution in [0.2, 0.25) is 0 Å². The number of carbonyl (C=O) groups excluding carboxylic acids is 2. The topological polar surface area (TPSA) is 49.4 Å².